The van der Waals surface area contributed by atoms with Crippen LogP contribution in [0.15, 0.2) is 186 Å². The fourth-order valence-electron chi connectivity index (χ4n) is 7.95. The van der Waals surface area contributed by atoms with Crippen LogP contribution in [-0.2, 0) is 0 Å². The minimum atomic E-state index is 0.636. The summed E-state index contributed by atoms with van der Waals surface area (Å²) >= 11 is 1.86. The number of hydrogen-bond donors (Lipinski definition) is 0. The summed E-state index contributed by atoms with van der Waals surface area (Å²) in [6.45, 7) is 0. The Morgan fingerprint density at radius 1 is 0.453 bits per heavy atom. The first-order chi connectivity index (χ1) is 26.3. The summed E-state index contributed by atoms with van der Waals surface area (Å²) in [5.41, 5.74) is 8.43. The van der Waals surface area contributed by atoms with Crippen molar-refractivity contribution in [3.05, 3.63) is 182 Å². The van der Waals surface area contributed by atoms with Gasteiger partial charge in [0.05, 0.1) is 10.4 Å². The van der Waals surface area contributed by atoms with Crippen LogP contribution in [0.2, 0.25) is 0 Å². The lowest BCUT2D eigenvalue weighted by atomic mass is 9.95. The van der Waals surface area contributed by atoms with Crippen molar-refractivity contribution >= 4 is 92.0 Å². The molecule has 0 aliphatic rings. The van der Waals surface area contributed by atoms with Gasteiger partial charge in [-0.05, 0) is 87.3 Å². The number of hydrogen-bond acceptors (Lipinski definition) is 4. The molecular formula is C49H30N2OS. The van der Waals surface area contributed by atoms with Gasteiger partial charge in [-0.3, -0.25) is 0 Å². The van der Waals surface area contributed by atoms with Gasteiger partial charge >= 0.3 is 0 Å². The monoisotopic (exact) mass is 694 g/mol. The lowest BCUT2D eigenvalue weighted by molar-refractivity contribution is 0.623. The topological polar surface area (TPSA) is 29.3 Å². The van der Waals surface area contributed by atoms with Crippen molar-refractivity contribution in [2.24, 2.45) is 0 Å². The summed E-state index contributed by atoms with van der Waals surface area (Å²) in [4.78, 5) is 7.33. The number of aromatic nitrogens is 1. The fraction of sp³-hybridized carbons (Fsp3) is 0. The maximum atomic E-state index is 6.59. The van der Waals surface area contributed by atoms with Crippen molar-refractivity contribution < 1.29 is 4.42 Å². The first kappa shape index (κ1) is 29.9. The van der Waals surface area contributed by atoms with Gasteiger partial charge in [-0.2, -0.15) is 0 Å². The van der Waals surface area contributed by atoms with Crippen molar-refractivity contribution in [2.75, 3.05) is 4.90 Å². The zero-order chi connectivity index (χ0) is 34.9. The van der Waals surface area contributed by atoms with E-state index in [1.165, 1.54) is 53.1 Å². The predicted molar refractivity (Wildman–Crippen MR) is 225 cm³/mol. The highest BCUT2D eigenvalue weighted by atomic mass is 32.1. The van der Waals surface area contributed by atoms with E-state index in [1.807, 2.05) is 41.7 Å². The zero-order valence-corrected chi connectivity index (χ0v) is 29.3. The van der Waals surface area contributed by atoms with E-state index >= 15 is 0 Å². The average Bonchev–Trinajstić information content (AvgIpc) is 3.84. The molecule has 0 radical (unpaired) electrons. The van der Waals surface area contributed by atoms with Crippen LogP contribution >= 0.6 is 11.3 Å². The second-order valence-corrected chi connectivity index (χ2v) is 14.6. The molecule has 11 aromatic rings. The number of rotatable bonds is 5. The van der Waals surface area contributed by atoms with E-state index in [0.29, 0.717) is 5.89 Å². The van der Waals surface area contributed by atoms with Gasteiger partial charge in [-0.15, -0.1) is 11.3 Å². The van der Waals surface area contributed by atoms with Crippen LogP contribution in [0, 0.1) is 0 Å². The molecule has 248 valence electrons. The SMILES string of the molecule is c1ccc(-c2ccc(N(c3ccc4c(ccc5ccc6ccc7nc(-c8ccccc8)oc7c6c54)c3)c3cccc4c3sc3ccccc34)cc2)cc1. The molecule has 0 N–H and O–H groups in total. The molecule has 0 amide bonds. The Labute approximate surface area is 309 Å². The Hall–Kier alpha value is -6.75. The lowest BCUT2D eigenvalue weighted by Crippen LogP contribution is -2.10. The smallest absolute Gasteiger partial charge is 0.227 e. The highest BCUT2D eigenvalue weighted by molar-refractivity contribution is 7.26. The number of oxazole rings is 1. The number of thiophene rings is 1. The predicted octanol–water partition coefficient (Wildman–Crippen LogP) is 14.5. The van der Waals surface area contributed by atoms with Gasteiger partial charge in [-0.25, -0.2) is 4.98 Å². The van der Waals surface area contributed by atoms with E-state index in [4.69, 9.17) is 9.40 Å². The fourth-order valence-corrected chi connectivity index (χ4v) is 9.15. The van der Waals surface area contributed by atoms with Crippen LogP contribution in [-0.4, -0.2) is 4.98 Å². The summed E-state index contributed by atoms with van der Waals surface area (Å²) in [7, 11) is 0. The van der Waals surface area contributed by atoms with Crippen molar-refractivity contribution in [3.63, 3.8) is 0 Å². The van der Waals surface area contributed by atoms with E-state index < -0.39 is 0 Å². The molecule has 0 spiro atoms. The van der Waals surface area contributed by atoms with Gasteiger partial charge in [0.1, 0.15) is 5.52 Å². The molecule has 9 aromatic carbocycles. The number of fused-ring (bicyclic) bond motifs is 10. The van der Waals surface area contributed by atoms with Crippen LogP contribution in [0.4, 0.5) is 17.1 Å². The Balaban J connectivity index is 1.13. The Morgan fingerprint density at radius 2 is 1.09 bits per heavy atom. The molecule has 0 fully saturated rings. The molecule has 0 unspecified atom stereocenters. The highest BCUT2D eigenvalue weighted by Gasteiger charge is 2.20. The molecule has 0 aliphatic heterocycles. The maximum Gasteiger partial charge on any atom is 0.227 e. The zero-order valence-electron chi connectivity index (χ0n) is 28.5. The van der Waals surface area contributed by atoms with Crippen LogP contribution in [0.1, 0.15) is 0 Å². The highest BCUT2D eigenvalue weighted by Crippen LogP contribution is 2.46. The molecule has 4 heteroatoms. The van der Waals surface area contributed by atoms with Gasteiger partial charge < -0.3 is 9.32 Å². The summed E-state index contributed by atoms with van der Waals surface area (Å²) in [5, 5.41) is 9.49. The second-order valence-electron chi connectivity index (χ2n) is 13.5. The molecule has 0 atom stereocenters. The molecule has 0 aliphatic carbocycles. The minimum Gasteiger partial charge on any atom is -0.435 e. The molecule has 53 heavy (non-hydrogen) atoms. The minimum absolute atomic E-state index is 0.636. The molecule has 3 nitrogen and oxygen atoms in total. The van der Waals surface area contributed by atoms with Crippen LogP contribution in [0.5, 0.6) is 0 Å². The average molecular weight is 695 g/mol. The Kier molecular flexibility index (Phi) is 6.73. The maximum absolute atomic E-state index is 6.59. The third-order valence-electron chi connectivity index (χ3n) is 10.5. The molecule has 0 saturated heterocycles. The van der Waals surface area contributed by atoms with Crippen molar-refractivity contribution in [1.29, 1.82) is 0 Å². The quantitative estimate of drug-likeness (QED) is 0.168. The molecule has 11 rings (SSSR count). The number of anilines is 3. The van der Waals surface area contributed by atoms with E-state index in [9.17, 15) is 0 Å². The molecular weight excluding hydrogens is 665 g/mol. The summed E-state index contributed by atoms with van der Waals surface area (Å²) in [6, 6.07) is 65.1. The number of nitrogens with zero attached hydrogens (tertiary/aromatic N) is 2. The molecule has 2 aromatic heterocycles. The number of benzene rings is 9. The van der Waals surface area contributed by atoms with Crippen LogP contribution < -0.4 is 4.90 Å². The van der Waals surface area contributed by atoms with Gasteiger partial charge in [0.25, 0.3) is 0 Å². The summed E-state index contributed by atoms with van der Waals surface area (Å²) in [5.74, 6) is 0.636. The van der Waals surface area contributed by atoms with Crippen LogP contribution in [0.25, 0.3) is 86.2 Å². The van der Waals surface area contributed by atoms with Gasteiger partial charge in [0.15, 0.2) is 5.58 Å². The molecule has 0 saturated carbocycles. The summed E-state index contributed by atoms with van der Waals surface area (Å²) < 4.78 is 9.15. The van der Waals surface area contributed by atoms with Crippen molar-refractivity contribution in [2.45, 2.75) is 0 Å². The van der Waals surface area contributed by atoms with E-state index in [1.54, 1.807) is 0 Å². The van der Waals surface area contributed by atoms with E-state index in [0.717, 1.165) is 44.2 Å². The molecule has 0 bridgehead atoms. The van der Waals surface area contributed by atoms with E-state index in [-0.39, 0.29) is 0 Å². The van der Waals surface area contributed by atoms with E-state index in [2.05, 4.69) is 157 Å². The Morgan fingerprint density at radius 3 is 1.91 bits per heavy atom. The first-order valence-electron chi connectivity index (χ1n) is 17.9. The summed E-state index contributed by atoms with van der Waals surface area (Å²) in [6.07, 6.45) is 0. The van der Waals surface area contributed by atoms with Gasteiger partial charge in [0.2, 0.25) is 5.89 Å². The second kappa shape index (κ2) is 11.9. The van der Waals surface area contributed by atoms with Crippen LogP contribution in [0.3, 0.4) is 0 Å². The normalized spacial score (nSPS) is 11.8. The molecule has 2 heterocycles. The van der Waals surface area contributed by atoms with Crippen molar-refractivity contribution in [1.82, 2.24) is 4.98 Å². The Bertz CT molecular complexity index is 3160. The first-order valence-corrected chi connectivity index (χ1v) is 18.7. The van der Waals surface area contributed by atoms with Crippen molar-refractivity contribution in [3.8, 4) is 22.6 Å². The standard InChI is InChI=1S/C49H30N2OS/c1-3-10-31(11-4-1)32-22-25-37(26-23-32)51(43-16-9-15-41-40-14-7-8-17-44(40)53-48(41)43)38-27-28-39-36(30-38)21-20-33-18-19-34-24-29-42-47(46(34)45(33)39)52-49(50-42)35-12-5-2-6-13-35/h1-30H. The third kappa shape index (κ3) is 4.84. The van der Waals surface area contributed by atoms with Gasteiger partial charge in [-0.1, -0.05) is 127 Å². The lowest BCUT2D eigenvalue weighted by Gasteiger charge is -2.27. The largest absolute Gasteiger partial charge is 0.435 e. The van der Waals surface area contributed by atoms with Gasteiger partial charge in [0, 0.05) is 43.2 Å². The third-order valence-corrected chi connectivity index (χ3v) is 11.7.